The number of anilines is 2. The van der Waals surface area contributed by atoms with Gasteiger partial charge in [0, 0.05) is 24.6 Å². The van der Waals surface area contributed by atoms with E-state index in [2.05, 4.69) is 16.0 Å². The SMILES string of the molecule is CCN(c1ccccc1C)c1nccnc1C#N. The van der Waals surface area contributed by atoms with Gasteiger partial charge in [0.2, 0.25) is 0 Å². The summed E-state index contributed by atoms with van der Waals surface area (Å²) in [5.41, 5.74) is 2.55. The summed E-state index contributed by atoms with van der Waals surface area (Å²) in [4.78, 5) is 10.3. The summed E-state index contributed by atoms with van der Waals surface area (Å²) >= 11 is 0. The molecule has 0 aliphatic rings. The van der Waals surface area contributed by atoms with Gasteiger partial charge in [-0.25, -0.2) is 9.97 Å². The Morgan fingerprint density at radius 1 is 1.22 bits per heavy atom. The first-order valence-corrected chi connectivity index (χ1v) is 5.82. The van der Waals surface area contributed by atoms with Crippen LogP contribution in [0.1, 0.15) is 18.2 Å². The summed E-state index contributed by atoms with van der Waals surface area (Å²) in [5, 5.41) is 9.10. The third-order valence-electron chi connectivity index (χ3n) is 2.76. The Morgan fingerprint density at radius 3 is 2.61 bits per heavy atom. The maximum atomic E-state index is 9.10. The first kappa shape index (κ1) is 12.1. The molecule has 1 aromatic heterocycles. The molecule has 0 fully saturated rings. The van der Waals surface area contributed by atoms with Crippen molar-refractivity contribution in [3.8, 4) is 6.07 Å². The van der Waals surface area contributed by atoms with E-state index in [0.29, 0.717) is 11.5 Å². The van der Waals surface area contributed by atoms with Gasteiger partial charge in [-0.05, 0) is 25.5 Å². The molecule has 4 heteroatoms. The molecular formula is C14H14N4. The molecule has 4 nitrogen and oxygen atoms in total. The highest BCUT2D eigenvalue weighted by molar-refractivity contribution is 5.66. The summed E-state index contributed by atoms with van der Waals surface area (Å²) in [5.74, 6) is 0.608. The van der Waals surface area contributed by atoms with E-state index in [4.69, 9.17) is 5.26 Å². The van der Waals surface area contributed by atoms with E-state index in [9.17, 15) is 0 Å². The van der Waals surface area contributed by atoms with Crippen LogP contribution < -0.4 is 4.90 Å². The minimum atomic E-state index is 0.350. The molecule has 0 saturated heterocycles. The van der Waals surface area contributed by atoms with Gasteiger partial charge in [0.1, 0.15) is 6.07 Å². The summed E-state index contributed by atoms with van der Waals surface area (Å²) in [7, 11) is 0. The van der Waals surface area contributed by atoms with Gasteiger partial charge in [-0.3, -0.25) is 0 Å². The second-order valence-electron chi connectivity index (χ2n) is 3.87. The molecule has 0 aliphatic carbocycles. The number of nitriles is 1. The molecule has 90 valence electrons. The van der Waals surface area contributed by atoms with Crippen LogP contribution in [0, 0.1) is 18.3 Å². The second-order valence-corrected chi connectivity index (χ2v) is 3.87. The number of hydrogen-bond donors (Lipinski definition) is 0. The normalized spacial score (nSPS) is 9.83. The van der Waals surface area contributed by atoms with E-state index in [1.54, 1.807) is 6.20 Å². The molecule has 0 spiro atoms. The highest BCUT2D eigenvalue weighted by atomic mass is 15.2. The van der Waals surface area contributed by atoms with Crippen LogP contribution in [-0.4, -0.2) is 16.5 Å². The topological polar surface area (TPSA) is 52.8 Å². The largest absolute Gasteiger partial charge is 0.324 e. The zero-order chi connectivity index (χ0) is 13.0. The monoisotopic (exact) mass is 238 g/mol. The molecule has 1 heterocycles. The van der Waals surface area contributed by atoms with Crippen LogP contribution in [-0.2, 0) is 0 Å². The van der Waals surface area contributed by atoms with Gasteiger partial charge in [-0.15, -0.1) is 0 Å². The third kappa shape index (κ3) is 2.16. The lowest BCUT2D eigenvalue weighted by Gasteiger charge is -2.24. The lowest BCUT2D eigenvalue weighted by Crippen LogP contribution is -2.20. The maximum absolute atomic E-state index is 9.10. The fraction of sp³-hybridized carbons (Fsp3) is 0.214. The number of rotatable bonds is 3. The van der Waals surface area contributed by atoms with Crippen LogP contribution >= 0.6 is 0 Å². The Kier molecular flexibility index (Phi) is 3.54. The van der Waals surface area contributed by atoms with Gasteiger partial charge < -0.3 is 4.90 Å². The van der Waals surface area contributed by atoms with Crippen LogP contribution in [0.25, 0.3) is 0 Å². The maximum Gasteiger partial charge on any atom is 0.183 e. The van der Waals surface area contributed by atoms with E-state index in [1.165, 1.54) is 6.20 Å². The highest BCUT2D eigenvalue weighted by Crippen LogP contribution is 2.27. The van der Waals surface area contributed by atoms with Gasteiger partial charge in [0.05, 0.1) is 0 Å². The van der Waals surface area contributed by atoms with E-state index in [-0.39, 0.29) is 0 Å². The number of para-hydroxylation sites is 1. The van der Waals surface area contributed by atoms with Gasteiger partial charge in [0.25, 0.3) is 0 Å². The summed E-state index contributed by atoms with van der Waals surface area (Å²) in [6.45, 7) is 4.81. The lowest BCUT2D eigenvalue weighted by molar-refractivity contribution is 0.962. The average molecular weight is 238 g/mol. The molecule has 0 saturated carbocycles. The first-order chi connectivity index (χ1) is 8.77. The Morgan fingerprint density at radius 2 is 1.94 bits per heavy atom. The van der Waals surface area contributed by atoms with Crippen LogP contribution in [0.4, 0.5) is 11.5 Å². The highest BCUT2D eigenvalue weighted by Gasteiger charge is 2.15. The number of hydrogen-bond acceptors (Lipinski definition) is 4. The quantitative estimate of drug-likeness (QED) is 0.825. The molecule has 2 rings (SSSR count). The predicted octanol–water partition coefficient (Wildman–Crippen LogP) is 2.81. The Hall–Kier alpha value is -2.41. The molecule has 0 N–H and O–H groups in total. The third-order valence-corrected chi connectivity index (χ3v) is 2.76. The van der Waals surface area contributed by atoms with E-state index >= 15 is 0 Å². The number of nitrogens with zero attached hydrogens (tertiary/aromatic N) is 4. The van der Waals surface area contributed by atoms with E-state index in [1.807, 2.05) is 43.0 Å². The number of aromatic nitrogens is 2. The molecule has 0 unspecified atom stereocenters. The molecule has 0 bridgehead atoms. The smallest absolute Gasteiger partial charge is 0.183 e. The Bertz CT molecular complexity index is 586. The molecule has 0 radical (unpaired) electrons. The molecule has 1 aromatic carbocycles. The lowest BCUT2D eigenvalue weighted by atomic mass is 10.1. The van der Waals surface area contributed by atoms with Crippen molar-refractivity contribution in [1.29, 1.82) is 5.26 Å². The van der Waals surface area contributed by atoms with Gasteiger partial charge in [-0.1, -0.05) is 18.2 Å². The predicted molar refractivity (Wildman–Crippen MR) is 70.6 cm³/mol. The fourth-order valence-electron chi connectivity index (χ4n) is 1.91. The molecule has 18 heavy (non-hydrogen) atoms. The number of benzene rings is 1. The van der Waals surface area contributed by atoms with E-state index < -0.39 is 0 Å². The van der Waals surface area contributed by atoms with Crippen molar-refractivity contribution in [2.24, 2.45) is 0 Å². The zero-order valence-corrected chi connectivity index (χ0v) is 10.5. The van der Waals surface area contributed by atoms with Crippen LogP contribution in [0.2, 0.25) is 0 Å². The van der Waals surface area contributed by atoms with Gasteiger partial charge in [-0.2, -0.15) is 5.26 Å². The minimum absolute atomic E-state index is 0.350. The van der Waals surface area contributed by atoms with Crippen molar-refractivity contribution in [2.75, 3.05) is 11.4 Å². The Balaban J connectivity index is 2.53. The molecule has 0 amide bonds. The molecule has 0 atom stereocenters. The molecule has 2 aromatic rings. The van der Waals surface area contributed by atoms with Crippen molar-refractivity contribution in [2.45, 2.75) is 13.8 Å². The number of aryl methyl sites for hydroxylation is 1. The van der Waals surface area contributed by atoms with Crippen LogP contribution in [0.15, 0.2) is 36.7 Å². The average Bonchev–Trinajstić information content (AvgIpc) is 2.42. The fourth-order valence-corrected chi connectivity index (χ4v) is 1.91. The van der Waals surface area contributed by atoms with E-state index in [0.717, 1.165) is 17.8 Å². The Labute approximate surface area is 107 Å². The van der Waals surface area contributed by atoms with Crippen molar-refractivity contribution in [3.05, 3.63) is 47.9 Å². The van der Waals surface area contributed by atoms with Gasteiger partial charge >= 0.3 is 0 Å². The molecule has 0 aliphatic heterocycles. The van der Waals surface area contributed by atoms with Crippen molar-refractivity contribution >= 4 is 11.5 Å². The van der Waals surface area contributed by atoms with Gasteiger partial charge in [0.15, 0.2) is 11.5 Å². The first-order valence-electron chi connectivity index (χ1n) is 5.82. The summed E-state index contributed by atoms with van der Waals surface area (Å²) in [6.07, 6.45) is 3.14. The van der Waals surface area contributed by atoms with Crippen LogP contribution in [0.5, 0.6) is 0 Å². The summed E-state index contributed by atoms with van der Waals surface area (Å²) < 4.78 is 0. The van der Waals surface area contributed by atoms with Crippen molar-refractivity contribution < 1.29 is 0 Å². The second kappa shape index (κ2) is 5.28. The summed E-state index contributed by atoms with van der Waals surface area (Å²) in [6, 6.07) is 10.1. The molecular weight excluding hydrogens is 224 g/mol. The zero-order valence-electron chi connectivity index (χ0n) is 10.5. The van der Waals surface area contributed by atoms with Crippen molar-refractivity contribution in [3.63, 3.8) is 0 Å². The van der Waals surface area contributed by atoms with Crippen molar-refractivity contribution in [1.82, 2.24) is 9.97 Å². The van der Waals surface area contributed by atoms with Crippen LogP contribution in [0.3, 0.4) is 0 Å². The minimum Gasteiger partial charge on any atom is -0.324 e. The standard InChI is InChI=1S/C14H14N4/c1-3-18(13-7-5-4-6-11(13)2)14-12(10-15)16-8-9-17-14/h4-9H,3H2,1-2H3.